The largest absolute Gasteiger partial charge is 0.383 e. The number of anilines is 1. The van der Waals surface area contributed by atoms with E-state index in [9.17, 15) is 0 Å². The molecular weight excluding hydrogens is 184 g/mol. The Bertz CT molecular complexity index is 449. The van der Waals surface area contributed by atoms with Crippen LogP contribution in [0.3, 0.4) is 0 Å². The molecule has 0 radical (unpaired) electrons. The van der Waals surface area contributed by atoms with Crippen LogP contribution in [-0.4, -0.2) is 12.6 Å². The molecule has 1 atom stereocenters. The second-order valence-electron chi connectivity index (χ2n) is 3.92. The van der Waals surface area contributed by atoms with Crippen molar-refractivity contribution in [2.45, 2.75) is 13.0 Å². The van der Waals surface area contributed by atoms with E-state index in [1.54, 1.807) is 0 Å². The van der Waals surface area contributed by atoms with Crippen LogP contribution in [0.25, 0.3) is 10.8 Å². The number of nitrogens with one attached hydrogen (secondary N) is 1. The minimum Gasteiger partial charge on any atom is -0.383 e. The Morgan fingerprint density at radius 1 is 1.13 bits per heavy atom. The first-order valence-corrected chi connectivity index (χ1v) is 5.24. The highest BCUT2D eigenvalue weighted by Crippen LogP contribution is 2.18. The third-order valence-electron chi connectivity index (χ3n) is 2.38. The average molecular weight is 200 g/mol. The van der Waals surface area contributed by atoms with Gasteiger partial charge in [-0.05, 0) is 29.8 Å². The Balaban J connectivity index is 2.23. The van der Waals surface area contributed by atoms with E-state index in [0.29, 0.717) is 0 Å². The van der Waals surface area contributed by atoms with Crippen molar-refractivity contribution >= 4 is 16.5 Å². The summed E-state index contributed by atoms with van der Waals surface area (Å²) >= 11 is 0. The van der Waals surface area contributed by atoms with Crippen LogP contribution < -0.4 is 11.1 Å². The molecule has 0 unspecified atom stereocenters. The summed E-state index contributed by atoms with van der Waals surface area (Å²) < 4.78 is 0. The topological polar surface area (TPSA) is 38.0 Å². The number of hydrogen-bond donors (Lipinski definition) is 2. The lowest BCUT2D eigenvalue weighted by Gasteiger charge is -2.09. The van der Waals surface area contributed by atoms with Crippen LogP contribution in [0.1, 0.15) is 6.92 Å². The number of fused-ring (bicyclic) bond motifs is 1. The summed E-state index contributed by atoms with van der Waals surface area (Å²) in [6.45, 7) is 2.80. The fraction of sp³-hybridized carbons (Fsp3) is 0.231. The standard InChI is InChI=1S/C13H16N2/c1-10(14)9-15-13-7-6-11-4-2-3-5-12(11)8-13/h2-8,10,15H,9,14H2,1H3/t10-/m0/s1. The molecule has 0 spiro atoms. The molecule has 0 fully saturated rings. The maximum Gasteiger partial charge on any atom is 0.0347 e. The lowest BCUT2D eigenvalue weighted by atomic mass is 10.1. The molecule has 0 heterocycles. The molecule has 0 bridgehead atoms. The minimum atomic E-state index is 0.177. The lowest BCUT2D eigenvalue weighted by molar-refractivity contribution is 0.780. The second kappa shape index (κ2) is 4.32. The van der Waals surface area contributed by atoms with Crippen molar-refractivity contribution in [3.8, 4) is 0 Å². The zero-order chi connectivity index (χ0) is 10.7. The Hall–Kier alpha value is -1.54. The van der Waals surface area contributed by atoms with Crippen molar-refractivity contribution < 1.29 is 0 Å². The Morgan fingerprint density at radius 3 is 2.60 bits per heavy atom. The smallest absolute Gasteiger partial charge is 0.0347 e. The van der Waals surface area contributed by atoms with Crippen LogP contribution >= 0.6 is 0 Å². The zero-order valence-electron chi connectivity index (χ0n) is 8.90. The van der Waals surface area contributed by atoms with Crippen molar-refractivity contribution in [3.05, 3.63) is 42.5 Å². The van der Waals surface area contributed by atoms with Crippen molar-refractivity contribution in [2.24, 2.45) is 5.73 Å². The van der Waals surface area contributed by atoms with Gasteiger partial charge in [0.05, 0.1) is 0 Å². The van der Waals surface area contributed by atoms with E-state index in [0.717, 1.165) is 12.2 Å². The highest BCUT2D eigenvalue weighted by Gasteiger charge is 1.96. The SMILES string of the molecule is C[C@H](N)CNc1ccc2ccccc2c1. The van der Waals surface area contributed by atoms with Gasteiger partial charge in [0.25, 0.3) is 0 Å². The highest BCUT2D eigenvalue weighted by molar-refractivity contribution is 5.85. The van der Waals surface area contributed by atoms with Gasteiger partial charge in [-0.25, -0.2) is 0 Å². The first kappa shape index (κ1) is 9.99. The molecule has 0 saturated heterocycles. The molecule has 15 heavy (non-hydrogen) atoms. The van der Waals surface area contributed by atoms with Crippen LogP contribution in [-0.2, 0) is 0 Å². The van der Waals surface area contributed by atoms with Crippen molar-refractivity contribution in [1.29, 1.82) is 0 Å². The van der Waals surface area contributed by atoms with Crippen LogP contribution in [0.15, 0.2) is 42.5 Å². The normalized spacial score (nSPS) is 12.7. The summed E-state index contributed by atoms with van der Waals surface area (Å²) in [4.78, 5) is 0. The summed E-state index contributed by atoms with van der Waals surface area (Å²) in [5.41, 5.74) is 6.82. The molecule has 2 aromatic rings. The Kier molecular flexibility index (Phi) is 2.88. The molecule has 2 aromatic carbocycles. The van der Waals surface area contributed by atoms with Gasteiger partial charge in [0.15, 0.2) is 0 Å². The van der Waals surface area contributed by atoms with Crippen LogP contribution in [0.5, 0.6) is 0 Å². The molecule has 0 aliphatic heterocycles. The third kappa shape index (κ3) is 2.48. The predicted molar refractivity (Wildman–Crippen MR) is 66.1 cm³/mol. The summed E-state index contributed by atoms with van der Waals surface area (Å²) in [6.07, 6.45) is 0. The Labute approximate surface area is 90.1 Å². The lowest BCUT2D eigenvalue weighted by Crippen LogP contribution is -2.25. The zero-order valence-corrected chi connectivity index (χ0v) is 8.90. The van der Waals surface area contributed by atoms with Gasteiger partial charge in [-0.2, -0.15) is 0 Å². The van der Waals surface area contributed by atoms with Gasteiger partial charge >= 0.3 is 0 Å². The minimum absolute atomic E-state index is 0.177. The maximum atomic E-state index is 5.69. The van der Waals surface area contributed by atoms with E-state index in [2.05, 4.69) is 47.8 Å². The highest BCUT2D eigenvalue weighted by atomic mass is 14.9. The summed E-state index contributed by atoms with van der Waals surface area (Å²) in [6, 6.07) is 14.9. The molecule has 0 saturated carbocycles. The molecule has 2 rings (SSSR count). The van der Waals surface area contributed by atoms with E-state index < -0.39 is 0 Å². The number of hydrogen-bond acceptors (Lipinski definition) is 2. The predicted octanol–water partition coefficient (Wildman–Crippen LogP) is 2.60. The van der Waals surface area contributed by atoms with Gasteiger partial charge in [-0.1, -0.05) is 30.3 Å². The fourth-order valence-corrected chi connectivity index (χ4v) is 1.58. The number of benzene rings is 2. The second-order valence-corrected chi connectivity index (χ2v) is 3.92. The summed E-state index contributed by atoms with van der Waals surface area (Å²) in [5, 5.41) is 5.84. The van der Waals surface area contributed by atoms with Gasteiger partial charge in [0.1, 0.15) is 0 Å². The van der Waals surface area contributed by atoms with E-state index >= 15 is 0 Å². The Morgan fingerprint density at radius 2 is 1.87 bits per heavy atom. The van der Waals surface area contributed by atoms with Gasteiger partial charge in [0, 0.05) is 18.3 Å². The summed E-state index contributed by atoms with van der Waals surface area (Å²) in [7, 11) is 0. The maximum absolute atomic E-state index is 5.69. The van der Waals surface area contributed by atoms with Crippen LogP contribution in [0.2, 0.25) is 0 Å². The van der Waals surface area contributed by atoms with E-state index in [1.807, 2.05) is 6.92 Å². The fourth-order valence-electron chi connectivity index (χ4n) is 1.58. The summed E-state index contributed by atoms with van der Waals surface area (Å²) in [5.74, 6) is 0. The molecule has 0 aliphatic rings. The molecule has 2 heteroatoms. The van der Waals surface area contributed by atoms with Gasteiger partial charge in [-0.3, -0.25) is 0 Å². The van der Waals surface area contributed by atoms with E-state index in [4.69, 9.17) is 5.73 Å². The van der Waals surface area contributed by atoms with Crippen molar-refractivity contribution in [2.75, 3.05) is 11.9 Å². The first-order chi connectivity index (χ1) is 7.25. The van der Waals surface area contributed by atoms with E-state index in [1.165, 1.54) is 10.8 Å². The molecule has 0 aliphatic carbocycles. The van der Waals surface area contributed by atoms with Crippen molar-refractivity contribution in [1.82, 2.24) is 0 Å². The number of nitrogens with two attached hydrogens (primary N) is 1. The monoisotopic (exact) mass is 200 g/mol. The molecule has 0 aromatic heterocycles. The van der Waals surface area contributed by atoms with Gasteiger partial charge < -0.3 is 11.1 Å². The number of rotatable bonds is 3. The first-order valence-electron chi connectivity index (χ1n) is 5.24. The quantitative estimate of drug-likeness (QED) is 0.799. The molecule has 3 N–H and O–H groups in total. The van der Waals surface area contributed by atoms with Gasteiger partial charge in [0.2, 0.25) is 0 Å². The van der Waals surface area contributed by atoms with Gasteiger partial charge in [-0.15, -0.1) is 0 Å². The molecule has 0 amide bonds. The molecule has 78 valence electrons. The van der Waals surface area contributed by atoms with Crippen LogP contribution in [0.4, 0.5) is 5.69 Å². The molecular formula is C13H16N2. The van der Waals surface area contributed by atoms with Crippen molar-refractivity contribution in [3.63, 3.8) is 0 Å². The molecule has 2 nitrogen and oxygen atoms in total. The third-order valence-corrected chi connectivity index (χ3v) is 2.38. The van der Waals surface area contributed by atoms with Crippen LogP contribution in [0, 0.1) is 0 Å². The average Bonchev–Trinajstić information content (AvgIpc) is 2.26. The van der Waals surface area contributed by atoms with E-state index in [-0.39, 0.29) is 6.04 Å².